The lowest BCUT2D eigenvalue weighted by atomic mass is 9.99. The number of aromatic nitrogens is 2. The van der Waals surface area contributed by atoms with E-state index in [4.69, 9.17) is 10.7 Å². The van der Waals surface area contributed by atoms with Crippen LogP contribution in [-0.4, -0.2) is 9.97 Å². The molecule has 3 nitrogen and oxygen atoms in total. The molecule has 0 bridgehead atoms. The monoisotopic (exact) mass is 351 g/mol. The largest absolute Gasteiger partial charge is 0.383 e. The zero-order chi connectivity index (χ0) is 18.5. The van der Waals surface area contributed by atoms with Crippen molar-refractivity contribution >= 4 is 5.82 Å². The molecule has 1 heterocycles. The summed E-state index contributed by atoms with van der Waals surface area (Å²) in [6, 6.07) is 30.7. The maximum atomic E-state index is 6.41. The van der Waals surface area contributed by atoms with Crippen LogP contribution in [0.15, 0.2) is 91.0 Å². The highest BCUT2D eigenvalue weighted by molar-refractivity contribution is 5.76. The minimum atomic E-state index is 0.535. The second kappa shape index (κ2) is 7.83. The number of anilines is 1. The van der Waals surface area contributed by atoms with Gasteiger partial charge in [0.2, 0.25) is 0 Å². The van der Waals surface area contributed by atoms with E-state index < -0.39 is 0 Å². The summed E-state index contributed by atoms with van der Waals surface area (Å²) in [7, 11) is 0. The molecular formula is C24H21N3. The fourth-order valence-electron chi connectivity index (χ4n) is 3.27. The summed E-state index contributed by atoms with van der Waals surface area (Å²) in [6.45, 7) is 0. The normalized spacial score (nSPS) is 10.7. The van der Waals surface area contributed by atoms with E-state index in [9.17, 15) is 0 Å². The Kier molecular flexibility index (Phi) is 4.93. The highest BCUT2D eigenvalue weighted by Gasteiger charge is 2.15. The maximum Gasteiger partial charge on any atom is 0.135 e. The van der Waals surface area contributed by atoms with Crippen LogP contribution in [0.1, 0.15) is 22.6 Å². The fraction of sp³-hybridized carbons (Fsp3) is 0.0833. The van der Waals surface area contributed by atoms with Gasteiger partial charge in [-0.1, -0.05) is 91.0 Å². The van der Waals surface area contributed by atoms with Crippen LogP contribution in [0.4, 0.5) is 5.82 Å². The van der Waals surface area contributed by atoms with Crippen LogP contribution >= 0.6 is 0 Å². The van der Waals surface area contributed by atoms with Gasteiger partial charge in [-0.3, -0.25) is 0 Å². The molecule has 0 amide bonds. The minimum absolute atomic E-state index is 0.535. The van der Waals surface area contributed by atoms with Crippen molar-refractivity contribution in [3.63, 3.8) is 0 Å². The second-order valence-electron chi connectivity index (χ2n) is 6.54. The SMILES string of the molecule is Nc1nc(Cc2ccccc2)nc(Cc2ccccc2)c1-c1ccccc1. The van der Waals surface area contributed by atoms with Gasteiger partial charge < -0.3 is 5.73 Å². The van der Waals surface area contributed by atoms with E-state index in [-0.39, 0.29) is 0 Å². The van der Waals surface area contributed by atoms with E-state index in [1.807, 2.05) is 54.6 Å². The molecule has 0 radical (unpaired) electrons. The summed E-state index contributed by atoms with van der Waals surface area (Å²) >= 11 is 0. The molecule has 0 unspecified atom stereocenters. The molecular weight excluding hydrogens is 330 g/mol. The van der Waals surface area contributed by atoms with Gasteiger partial charge in [0.15, 0.2) is 0 Å². The predicted molar refractivity (Wildman–Crippen MR) is 110 cm³/mol. The predicted octanol–water partition coefficient (Wildman–Crippen LogP) is 4.91. The van der Waals surface area contributed by atoms with Crippen molar-refractivity contribution in [3.05, 3.63) is 114 Å². The van der Waals surface area contributed by atoms with Crippen molar-refractivity contribution in [2.45, 2.75) is 12.8 Å². The van der Waals surface area contributed by atoms with Crippen LogP contribution in [0.5, 0.6) is 0 Å². The van der Waals surface area contributed by atoms with Crippen molar-refractivity contribution < 1.29 is 0 Å². The van der Waals surface area contributed by atoms with Crippen molar-refractivity contribution in [2.24, 2.45) is 0 Å². The summed E-state index contributed by atoms with van der Waals surface area (Å²) in [5.41, 5.74) is 11.7. The van der Waals surface area contributed by atoms with Crippen molar-refractivity contribution in [1.29, 1.82) is 0 Å². The molecule has 4 rings (SSSR count). The van der Waals surface area contributed by atoms with Gasteiger partial charge in [0.1, 0.15) is 11.6 Å². The first-order valence-electron chi connectivity index (χ1n) is 9.08. The molecule has 0 saturated carbocycles. The molecule has 27 heavy (non-hydrogen) atoms. The minimum Gasteiger partial charge on any atom is -0.383 e. The van der Waals surface area contributed by atoms with Crippen LogP contribution in [0.2, 0.25) is 0 Å². The lowest BCUT2D eigenvalue weighted by Gasteiger charge is -2.14. The van der Waals surface area contributed by atoms with Gasteiger partial charge in [-0.25, -0.2) is 9.97 Å². The van der Waals surface area contributed by atoms with E-state index in [1.165, 1.54) is 11.1 Å². The quantitative estimate of drug-likeness (QED) is 0.556. The third kappa shape index (κ3) is 4.04. The summed E-state index contributed by atoms with van der Waals surface area (Å²) in [5, 5.41) is 0. The van der Waals surface area contributed by atoms with Gasteiger partial charge >= 0.3 is 0 Å². The Labute approximate surface area is 159 Å². The number of nitrogen functional groups attached to an aromatic ring is 1. The second-order valence-corrected chi connectivity index (χ2v) is 6.54. The molecule has 0 spiro atoms. The van der Waals surface area contributed by atoms with Crippen molar-refractivity contribution in [2.75, 3.05) is 5.73 Å². The highest BCUT2D eigenvalue weighted by Crippen LogP contribution is 2.29. The molecule has 0 aliphatic carbocycles. The molecule has 3 heteroatoms. The van der Waals surface area contributed by atoms with E-state index in [1.54, 1.807) is 0 Å². The van der Waals surface area contributed by atoms with Gasteiger partial charge in [-0.05, 0) is 16.7 Å². The lowest BCUT2D eigenvalue weighted by Crippen LogP contribution is -2.08. The Morgan fingerprint density at radius 1 is 0.593 bits per heavy atom. The molecule has 0 aliphatic heterocycles. The lowest BCUT2D eigenvalue weighted by molar-refractivity contribution is 0.926. The fourth-order valence-corrected chi connectivity index (χ4v) is 3.27. The Balaban J connectivity index is 1.78. The third-order valence-corrected chi connectivity index (χ3v) is 4.54. The van der Waals surface area contributed by atoms with E-state index in [0.717, 1.165) is 29.1 Å². The van der Waals surface area contributed by atoms with Gasteiger partial charge in [0.05, 0.1) is 5.69 Å². The highest BCUT2D eigenvalue weighted by atomic mass is 15.0. The summed E-state index contributed by atoms with van der Waals surface area (Å²) in [4.78, 5) is 9.52. The van der Waals surface area contributed by atoms with E-state index >= 15 is 0 Å². The molecule has 0 aliphatic rings. The molecule has 132 valence electrons. The maximum absolute atomic E-state index is 6.41. The Hall–Kier alpha value is -3.46. The molecule has 0 saturated heterocycles. The number of nitrogens with zero attached hydrogens (tertiary/aromatic N) is 2. The first kappa shape index (κ1) is 17.0. The number of rotatable bonds is 5. The molecule has 1 aromatic heterocycles. The molecule has 3 aromatic carbocycles. The average molecular weight is 351 g/mol. The number of benzene rings is 3. The molecule has 4 aromatic rings. The number of hydrogen-bond acceptors (Lipinski definition) is 3. The molecule has 0 atom stereocenters. The summed E-state index contributed by atoms with van der Waals surface area (Å²) in [5.74, 6) is 1.29. The van der Waals surface area contributed by atoms with Gasteiger partial charge in [-0.15, -0.1) is 0 Å². The zero-order valence-corrected chi connectivity index (χ0v) is 15.0. The Bertz CT molecular complexity index is 1010. The smallest absolute Gasteiger partial charge is 0.135 e. The van der Waals surface area contributed by atoms with Crippen LogP contribution in [0.25, 0.3) is 11.1 Å². The first-order valence-corrected chi connectivity index (χ1v) is 9.08. The van der Waals surface area contributed by atoms with Crippen LogP contribution in [0.3, 0.4) is 0 Å². The summed E-state index contributed by atoms with van der Waals surface area (Å²) < 4.78 is 0. The topological polar surface area (TPSA) is 51.8 Å². The standard InChI is InChI=1S/C24H21N3/c25-24-23(20-14-8-3-9-15-20)21(16-18-10-4-1-5-11-18)26-22(27-24)17-19-12-6-2-7-13-19/h1-15H,16-17H2,(H2,25,26,27). The van der Waals surface area contributed by atoms with Gasteiger partial charge in [0.25, 0.3) is 0 Å². The molecule has 0 fully saturated rings. The average Bonchev–Trinajstić information content (AvgIpc) is 2.70. The van der Waals surface area contributed by atoms with Crippen LogP contribution in [-0.2, 0) is 12.8 Å². The van der Waals surface area contributed by atoms with Crippen LogP contribution in [0, 0.1) is 0 Å². The van der Waals surface area contributed by atoms with E-state index in [2.05, 4.69) is 41.4 Å². The van der Waals surface area contributed by atoms with Crippen LogP contribution < -0.4 is 5.73 Å². The van der Waals surface area contributed by atoms with E-state index in [0.29, 0.717) is 12.2 Å². The van der Waals surface area contributed by atoms with Crippen molar-refractivity contribution in [1.82, 2.24) is 9.97 Å². The number of nitrogens with two attached hydrogens (primary N) is 1. The third-order valence-electron chi connectivity index (χ3n) is 4.54. The first-order chi connectivity index (χ1) is 13.3. The Morgan fingerprint density at radius 2 is 1.11 bits per heavy atom. The number of hydrogen-bond donors (Lipinski definition) is 1. The van der Waals surface area contributed by atoms with Gasteiger partial charge in [-0.2, -0.15) is 0 Å². The zero-order valence-electron chi connectivity index (χ0n) is 15.0. The van der Waals surface area contributed by atoms with Gasteiger partial charge in [0, 0.05) is 18.4 Å². The van der Waals surface area contributed by atoms with Crippen molar-refractivity contribution in [3.8, 4) is 11.1 Å². The summed E-state index contributed by atoms with van der Waals surface area (Å²) in [6.07, 6.45) is 1.39. The molecule has 2 N–H and O–H groups in total. The Morgan fingerprint density at radius 3 is 1.70 bits per heavy atom.